The summed E-state index contributed by atoms with van der Waals surface area (Å²) in [5.74, 6) is -1.91. The van der Waals surface area contributed by atoms with Crippen molar-refractivity contribution in [3.05, 3.63) is 45.4 Å². The number of amides is 4. The molecule has 3 heterocycles. The summed E-state index contributed by atoms with van der Waals surface area (Å²) >= 11 is 7.04. The molecule has 4 amide bonds. The molecule has 1 aromatic heterocycles. The summed E-state index contributed by atoms with van der Waals surface area (Å²) in [7, 11) is 1.82. The van der Waals surface area contributed by atoms with Crippen molar-refractivity contribution in [2.24, 2.45) is 0 Å². The van der Waals surface area contributed by atoms with Gasteiger partial charge in [-0.25, -0.2) is 9.18 Å². The zero-order chi connectivity index (χ0) is 27.2. The van der Waals surface area contributed by atoms with Crippen LogP contribution in [0, 0.1) is 5.82 Å². The smallest absolute Gasteiger partial charge is 0.414 e. The Morgan fingerprint density at radius 3 is 2.67 bits per heavy atom. The SMILES string of the molecule is Br.CNCCCCC(=O)N(C[C@H]1CN(c2ccc(N3CCOCC3=O)cc2F)C(=O)O1)C(=O)c1ccc(Cl)s1. The molecule has 2 aromatic rings. The number of unbranched alkanes of at least 4 members (excludes halogenated alkanes) is 1. The highest BCUT2D eigenvalue weighted by atomic mass is 79.9. The molecule has 0 bridgehead atoms. The second kappa shape index (κ2) is 14.2. The Balaban J connectivity index is 0.00000420. The molecule has 2 saturated heterocycles. The number of anilines is 2. The van der Waals surface area contributed by atoms with Crippen molar-refractivity contribution in [2.75, 3.05) is 56.2 Å². The van der Waals surface area contributed by atoms with Crippen LogP contribution in [-0.4, -0.2) is 81.3 Å². The Morgan fingerprint density at radius 2 is 2.00 bits per heavy atom. The second-order valence-electron chi connectivity index (χ2n) is 8.82. The Hall–Kier alpha value is -2.58. The van der Waals surface area contributed by atoms with Crippen LogP contribution in [0.4, 0.5) is 20.6 Å². The maximum atomic E-state index is 15.1. The van der Waals surface area contributed by atoms with E-state index in [9.17, 15) is 19.2 Å². The number of imide groups is 1. The molecule has 4 rings (SSSR count). The molecule has 14 heteroatoms. The van der Waals surface area contributed by atoms with Crippen molar-refractivity contribution in [2.45, 2.75) is 25.4 Å². The third-order valence-electron chi connectivity index (χ3n) is 6.18. The van der Waals surface area contributed by atoms with Crippen molar-refractivity contribution in [1.82, 2.24) is 10.2 Å². The maximum Gasteiger partial charge on any atom is 0.414 e. The third-order valence-corrected chi connectivity index (χ3v) is 7.40. The predicted molar refractivity (Wildman–Crippen MR) is 151 cm³/mol. The molecule has 39 heavy (non-hydrogen) atoms. The van der Waals surface area contributed by atoms with Gasteiger partial charge in [0.2, 0.25) is 5.91 Å². The number of ether oxygens (including phenoxy) is 2. The minimum Gasteiger partial charge on any atom is -0.442 e. The molecule has 1 N–H and O–H groups in total. The lowest BCUT2D eigenvalue weighted by molar-refractivity contribution is -0.129. The molecular formula is C25H29BrClFN4O6S. The molecule has 1 aromatic carbocycles. The minimum atomic E-state index is -0.858. The van der Waals surface area contributed by atoms with Crippen LogP contribution in [0.3, 0.4) is 0 Å². The fourth-order valence-electron chi connectivity index (χ4n) is 4.26. The number of carbonyl (C=O) groups excluding carboxylic acids is 4. The first-order valence-electron chi connectivity index (χ1n) is 12.2. The zero-order valence-corrected chi connectivity index (χ0v) is 24.5. The fraction of sp³-hybridized carbons (Fsp3) is 0.440. The highest BCUT2D eigenvalue weighted by Crippen LogP contribution is 2.30. The van der Waals surface area contributed by atoms with Gasteiger partial charge in [0.1, 0.15) is 18.5 Å². The molecular weight excluding hydrogens is 619 g/mol. The first-order valence-corrected chi connectivity index (χ1v) is 13.4. The topological polar surface area (TPSA) is 108 Å². The first-order chi connectivity index (χ1) is 18.3. The molecule has 0 unspecified atom stereocenters. The summed E-state index contributed by atoms with van der Waals surface area (Å²) in [5, 5.41) is 3.01. The van der Waals surface area contributed by atoms with Gasteiger partial charge in [-0.3, -0.25) is 24.2 Å². The normalized spacial score (nSPS) is 17.2. The van der Waals surface area contributed by atoms with Gasteiger partial charge < -0.3 is 19.7 Å². The molecule has 212 valence electrons. The van der Waals surface area contributed by atoms with Gasteiger partial charge in [0.15, 0.2) is 0 Å². The quantitative estimate of drug-likeness (QED) is 0.390. The number of nitrogens with zero attached hydrogens (tertiary/aromatic N) is 3. The summed E-state index contributed by atoms with van der Waals surface area (Å²) in [4.78, 5) is 54.8. The molecule has 0 aliphatic carbocycles. The van der Waals surface area contributed by atoms with Crippen LogP contribution < -0.4 is 15.1 Å². The van der Waals surface area contributed by atoms with Gasteiger partial charge in [-0.15, -0.1) is 28.3 Å². The minimum absolute atomic E-state index is 0. The number of rotatable bonds is 10. The largest absolute Gasteiger partial charge is 0.442 e. The van der Waals surface area contributed by atoms with E-state index >= 15 is 4.39 Å². The highest BCUT2D eigenvalue weighted by Gasteiger charge is 2.37. The van der Waals surface area contributed by atoms with E-state index in [-0.39, 0.29) is 54.7 Å². The van der Waals surface area contributed by atoms with Crippen LogP contribution in [0.1, 0.15) is 28.9 Å². The highest BCUT2D eigenvalue weighted by molar-refractivity contribution is 8.93. The van der Waals surface area contributed by atoms with Crippen LogP contribution in [0.25, 0.3) is 0 Å². The van der Waals surface area contributed by atoms with Gasteiger partial charge in [-0.05, 0) is 56.8 Å². The lowest BCUT2D eigenvalue weighted by atomic mass is 10.2. The monoisotopic (exact) mass is 646 g/mol. The molecule has 1 atom stereocenters. The van der Waals surface area contributed by atoms with Crippen LogP contribution in [0.15, 0.2) is 30.3 Å². The van der Waals surface area contributed by atoms with Crippen molar-refractivity contribution < 1.29 is 33.0 Å². The predicted octanol–water partition coefficient (Wildman–Crippen LogP) is 3.87. The molecule has 2 aliphatic heterocycles. The lowest BCUT2D eigenvalue weighted by Gasteiger charge is -2.27. The second-order valence-corrected chi connectivity index (χ2v) is 10.5. The molecule has 2 fully saturated rings. The van der Waals surface area contributed by atoms with E-state index in [0.29, 0.717) is 34.5 Å². The zero-order valence-electron chi connectivity index (χ0n) is 21.2. The number of benzene rings is 1. The number of hydrogen-bond donors (Lipinski definition) is 1. The average molecular weight is 648 g/mol. The van der Waals surface area contributed by atoms with Crippen LogP contribution in [0.5, 0.6) is 0 Å². The molecule has 0 saturated carbocycles. The van der Waals surface area contributed by atoms with Gasteiger partial charge >= 0.3 is 6.09 Å². The number of halogens is 3. The van der Waals surface area contributed by atoms with Gasteiger partial charge in [-0.2, -0.15) is 0 Å². The van der Waals surface area contributed by atoms with Crippen molar-refractivity contribution in [1.29, 1.82) is 0 Å². The van der Waals surface area contributed by atoms with Crippen molar-refractivity contribution >= 4 is 75.1 Å². The van der Waals surface area contributed by atoms with Crippen molar-refractivity contribution in [3.8, 4) is 0 Å². The first kappa shape index (κ1) is 31.0. The third kappa shape index (κ3) is 7.54. The van der Waals surface area contributed by atoms with Crippen molar-refractivity contribution in [3.63, 3.8) is 0 Å². The van der Waals surface area contributed by atoms with E-state index in [1.54, 1.807) is 18.2 Å². The summed E-state index contributed by atoms with van der Waals surface area (Å²) in [6.45, 7) is 1.06. The summed E-state index contributed by atoms with van der Waals surface area (Å²) in [6, 6.07) is 7.25. The lowest BCUT2D eigenvalue weighted by Crippen LogP contribution is -2.43. The number of cyclic esters (lactones) is 1. The summed E-state index contributed by atoms with van der Waals surface area (Å²) < 4.78 is 26.0. The van der Waals surface area contributed by atoms with Gasteiger partial charge in [0, 0.05) is 18.7 Å². The standard InChI is InChI=1S/C25H28ClFN4O6S.BrH/c1-28-9-3-2-4-22(32)31(24(34)20-7-8-21(26)38-20)14-17-13-30(25(35)37-17)19-6-5-16(12-18(19)27)29-10-11-36-15-23(29)33;/h5-8,12,17,28H,2-4,9-11,13-15H2,1H3;1H/t17-;/m1./s1. The Labute approximate surface area is 244 Å². The Morgan fingerprint density at radius 1 is 1.21 bits per heavy atom. The Bertz CT molecular complexity index is 1220. The number of nitrogens with one attached hydrogen (secondary N) is 1. The van der Waals surface area contributed by atoms with E-state index in [4.69, 9.17) is 21.1 Å². The summed E-state index contributed by atoms with van der Waals surface area (Å²) in [5.41, 5.74) is 0.335. The molecule has 10 nitrogen and oxygen atoms in total. The van der Waals surface area contributed by atoms with Crippen LogP contribution in [0.2, 0.25) is 4.34 Å². The molecule has 0 spiro atoms. The number of carbonyl (C=O) groups is 4. The van der Waals surface area contributed by atoms with E-state index in [2.05, 4.69) is 5.32 Å². The van der Waals surface area contributed by atoms with Gasteiger partial charge in [0.25, 0.3) is 11.8 Å². The summed E-state index contributed by atoms with van der Waals surface area (Å²) in [6.07, 6.45) is -0.172. The van der Waals surface area contributed by atoms with Gasteiger partial charge in [0.05, 0.1) is 34.6 Å². The number of thiophene rings is 1. The van der Waals surface area contributed by atoms with E-state index < -0.39 is 29.8 Å². The van der Waals surface area contributed by atoms with Gasteiger partial charge in [-0.1, -0.05) is 11.6 Å². The van der Waals surface area contributed by atoms with E-state index in [1.807, 2.05) is 7.05 Å². The fourth-order valence-corrected chi connectivity index (χ4v) is 5.26. The molecule has 0 radical (unpaired) electrons. The number of morpholine rings is 1. The average Bonchev–Trinajstić information content (AvgIpc) is 3.50. The molecule has 2 aliphatic rings. The number of hydrogen-bond acceptors (Lipinski definition) is 8. The van der Waals surface area contributed by atoms with Crippen LogP contribution >= 0.6 is 39.9 Å². The van der Waals surface area contributed by atoms with Crippen LogP contribution in [-0.2, 0) is 19.1 Å². The maximum absolute atomic E-state index is 15.1. The van der Waals surface area contributed by atoms with E-state index in [1.165, 1.54) is 17.0 Å². The Kier molecular flexibility index (Phi) is 11.2. The van der Waals surface area contributed by atoms with E-state index in [0.717, 1.165) is 34.1 Å².